The van der Waals surface area contributed by atoms with Gasteiger partial charge >= 0.3 is 17.1 Å². The summed E-state index contributed by atoms with van der Waals surface area (Å²) in [4.78, 5) is 23.3. The Kier molecular flexibility index (Phi) is 18.8. The minimum absolute atomic E-state index is 0. The summed E-state index contributed by atoms with van der Waals surface area (Å²) in [7, 11) is -6.05. The third-order valence-corrected chi connectivity index (χ3v) is 10.8. The van der Waals surface area contributed by atoms with Crippen LogP contribution in [0.15, 0.2) is 0 Å². The summed E-state index contributed by atoms with van der Waals surface area (Å²) in [6.07, 6.45) is 20.2. The van der Waals surface area contributed by atoms with Crippen molar-refractivity contribution >= 4 is 14.7 Å². The van der Waals surface area contributed by atoms with Crippen LogP contribution in [0.5, 0.6) is 0 Å². The molecule has 4 nitrogen and oxygen atoms in total. The van der Waals surface area contributed by atoms with E-state index in [4.69, 9.17) is 0 Å². The molecule has 0 amide bonds. The molecule has 0 N–H and O–H groups in total. The Bertz CT molecular complexity index is 472. The Hall–Kier alpha value is 0.899. The summed E-state index contributed by atoms with van der Waals surface area (Å²) >= 11 is 0. The van der Waals surface area contributed by atoms with Crippen molar-refractivity contribution in [2.45, 2.75) is 117 Å². The summed E-state index contributed by atoms with van der Waals surface area (Å²) in [6, 6.07) is 0. The van der Waals surface area contributed by atoms with Gasteiger partial charge in [-0.25, -0.2) is 0 Å². The van der Waals surface area contributed by atoms with E-state index in [1.54, 1.807) is 0 Å². The van der Waals surface area contributed by atoms with Crippen LogP contribution >= 0.6 is 14.7 Å². The second kappa shape index (κ2) is 18.3. The van der Waals surface area contributed by atoms with Crippen LogP contribution < -0.4 is 9.79 Å². The molecule has 2 fully saturated rings. The van der Waals surface area contributed by atoms with Crippen molar-refractivity contribution in [2.75, 3.05) is 24.6 Å². The molecular weight excluding hydrogens is 470 g/mol. The van der Waals surface area contributed by atoms with Crippen molar-refractivity contribution in [3.8, 4) is 0 Å². The fourth-order valence-corrected chi connectivity index (χ4v) is 8.29. The SMILES string of the molecule is CCCCP(=O)([O-])CCC1CCCCC1.CCCCP(=O)([O-])CCC1CCCCC1.[Fe+2]. The van der Waals surface area contributed by atoms with E-state index in [-0.39, 0.29) is 17.1 Å². The van der Waals surface area contributed by atoms with Gasteiger partial charge in [-0.15, -0.1) is 0 Å². The first-order chi connectivity index (χ1) is 14.3. The average Bonchev–Trinajstić information content (AvgIpc) is 2.76. The van der Waals surface area contributed by atoms with E-state index in [9.17, 15) is 18.9 Å². The summed E-state index contributed by atoms with van der Waals surface area (Å²) in [5.74, 6) is 1.39. The molecule has 2 saturated carbocycles. The summed E-state index contributed by atoms with van der Waals surface area (Å²) in [5, 5.41) is 0. The van der Waals surface area contributed by atoms with Gasteiger partial charge < -0.3 is 18.9 Å². The second-order valence-electron chi connectivity index (χ2n) is 9.82. The standard InChI is InChI=1S/2C12H25O2P.Fe/c2*1-2-3-10-15(13,14)11-9-12-7-5-4-6-8-12;/h2*12H,2-11H2,1H3,(H,13,14);/q;;+2/p-2. The first-order valence-corrected chi connectivity index (χ1v) is 16.8. The molecule has 0 bridgehead atoms. The van der Waals surface area contributed by atoms with Gasteiger partial charge in [0, 0.05) is 14.7 Å². The zero-order chi connectivity index (χ0) is 22.3. The molecule has 7 heteroatoms. The van der Waals surface area contributed by atoms with Crippen molar-refractivity contribution in [1.82, 2.24) is 0 Å². The molecule has 0 aliphatic heterocycles. The molecule has 0 saturated heterocycles. The molecule has 0 spiro atoms. The Morgan fingerprint density at radius 3 is 1.23 bits per heavy atom. The molecule has 0 radical (unpaired) electrons. The van der Waals surface area contributed by atoms with E-state index in [2.05, 4.69) is 0 Å². The van der Waals surface area contributed by atoms with Gasteiger partial charge in [-0.2, -0.15) is 0 Å². The molecule has 186 valence electrons. The van der Waals surface area contributed by atoms with Crippen LogP contribution in [-0.2, 0) is 26.2 Å². The molecule has 2 unspecified atom stereocenters. The molecule has 0 aromatic heterocycles. The van der Waals surface area contributed by atoms with E-state index < -0.39 is 14.7 Å². The van der Waals surface area contributed by atoms with Gasteiger partial charge in [0.05, 0.1) is 0 Å². The third kappa shape index (κ3) is 17.1. The predicted octanol–water partition coefficient (Wildman–Crippen LogP) is 6.79. The van der Waals surface area contributed by atoms with E-state index in [0.717, 1.165) is 38.5 Å². The Labute approximate surface area is 203 Å². The zero-order valence-corrected chi connectivity index (χ0v) is 23.1. The van der Waals surface area contributed by atoms with Gasteiger partial charge in [0.1, 0.15) is 0 Å². The van der Waals surface area contributed by atoms with Crippen molar-refractivity contribution in [3.05, 3.63) is 0 Å². The normalized spacial score (nSPS) is 21.8. The molecule has 0 aromatic rings. The smallest absolute Gasteiger partial charge is 0.799 e. The summed E-state index contributed by atoms with van der Waals surface area (Å²) in [6.45, 7) is 4.09. The fourth-order valence-electron chi connectivity index (χ4n) is 4.73. The third-order valence-electron chi connectivity index (χ3n) is 6.91. The van der Waals surface area contributed by atoms with Gasteiger partial charge in [-0.3, -0.25) is 0 Å². The van der Waals surface area contributed by atoms with Crippen LogP contribution in [0.2, 0.25) is 0 Å². The molecular formula is C24H48FeO4P2. The summed E-state index contributed by atoms with van der Waals surface area (Å²) < 4.78 is 23.3. The van der Waals surface area contributed by atoms with Gasteiger partial charge in [0.2, 0.25) is 0 Å². The molecule has 2 aliphatic rings. The minimum atomic E-state index is -3.03. The van der Waals surface area contributed by atoms with E-state index in [0.29, 0.717) is 36.5 Å². The van der Waals surface area contributed by atoms with Gasteiger partial charge in [0.25, 0.3) is 0 Å². The van der Waals surface area contributed by atoms with Crippen LogP contribution in [-0.4, -0.2) is 24.6 Å². The van der Waals surface area contributed by atoms with Crippen molar-refractivity contribution in [1.29, 1.82) is 0 Å². The molecule has 2 aliphatic carbocycles. The van der Waals surface area contributed by atoms with E-state index in [1.165, 1.54) is 64.2 Å². The Balaban J connectivity index is 0.000000562. The molecule has 0 heterocycles. The number of hydrogen-bond acceptors (Lipinski definition) is 4. The quantitative estimate of drug-likeness (QED) is 0.211. The number of hydrogen-bond donors (Lipinski definition) is 0. The maximum absolute atomic E-state index is 11.7. The van der Waals surface area contributed by atoms with Crippen LogP contribution in [0.1, 0.15) is 117 Å². The first kappa shape index (κ1) is 31.9. The first-order valence-electron chi connectivity index (χ1n) is 12.9. The Morgan fingerprint density at radius 2 is 0.935 bits per heavy atom. The summed E-state index contributed by atoms with van der Waals surface area (Å²) in [5.41, 5.74) is 0. The van der Waals surface area contributed by atoms with Crippen LogP contribution in [0.4, 0.5) is 0 Å². The van der Waals surface area contributed by atoms with Gasteiger partial charge in [-0.1, -0.05) is 90.9 Å². The molecule has 2 rings (SSSR count). The molecule has 0 aromatic carbocycles. The maximum Gasteiger partial charge on any atom is 2.00 e. The largest absolute Gasteiger partial charge is 2.00 e. The van der Waals surface area contributed by atoms with E-state index in [1.807, 2.05) is 13.8 Å². The van der Waals surface area contributed by atoms with Crippen molar-refractivity contribution < 1.29 is 36.0 Å². The Morgan fingerprint density at radius 1 is 0.613 bits per heavy atom. The van der Waals surface area contributed by atoms with Crippen LogP contribution in [0.3, 0.4) is 0 Å². The predicted molar refractivity (Wildman–Crippen MR) is 127 cm³/mol. The maximum atomic E-state index is 11.7. The minimum Gasteiger partial charge on any atom is -0.799 e. The average molecular weight is 518 g/mol. The van der Waals surface area contributed by atoms with Gasteiger partial charge in [-0.05, 0) is 62.2 Å². The number of rotatable bonds is 12. The second-order valence-corrected chi connectivity index (χ2v) is 14.9. The van der Waals surface area contributed by atoms with Gasteiger partial charge in [0.15, 0.2) is 0 Å². The van der Waals surface area contributed by atoms with Crippen molar-refractivity contribution in [2.24, 2.45) is 11.8 Å². The van der Waals surface area contributed by atoms with Crippen LogP contribution in [0, 0.1) is 11.8 Å². The van der Waals surface area contributed by atoms with Crippen molar-refractivity contribution in [3.63, 3.8) is 0 Å². The molecule has 31 heavy (non-hydrogen) atoms. The number of unbranched alkanes of at least 4 members (excludes halogenated alkanes) is 2. The fraction of sp³-hybridized carbons (Fsp3) is 1.00. The molecule has 2 atom stereocenters. The zero-order valence-electron chi connectivity index (χ0n) is 20.2. The van der Waals surface area contributed by atoms with Crippen LogP contribution in [0.25, 0.3) is 0 Å². The monoisotopic (exact) mass is 518 g/mol. The van der Waals surface area contributed by atoms with E-state index >= 15 is 0 Å². The topological polar surface area (TPSA) is 80.3 Å².